The van der Waals surface area contributed by atoms with Crippen LogP contribution >= 0.6 is 0 Å². The van der Waals surface area contributed by atoms with Crippen molar-refractivity contribution in [1.29, 1.82) is 0 Å². The molecule has 1 aromatic rings. The maximum Gasteiger partial charge on any atom is 0.344 e. The maximum absolute atomic E-state index is 11.2. The fourth-order valence-corrected chi connectivity index (χ4v) is 0.992. The molecule has 16 heavy (non-hydrogen) atoms. The number of carbonyl (C=O) groups excluding carboxylic acids is 2. The Kier molecular flexibility index (Phi) is 3.54. The molecule has 0 fully saturated rings. The predicted octanol–water partition coefficient (Wildman–Crippen LogP) is 0.931. The van der Waals surface area contributed by atoms with Gasteiger partial charge < -0.3 is 11.1 Å². The first kappa shape index (κ1) is 11.6. The topological polar surface area (TPSA) is 105 Å². The molecule has 0 bridgehead atoms. The van der Waals surface area contributed by atoms with Crippen LogP contribution in [0.15, 0.2) is 29.6 Å². The number of anilines is 1. The van der Waals surface area contributed by atoms with Gasteiger partial charge in [-0.1, -0.05) is 6.07 Å². The Morgan fingerprint density at radius 3 is 2.69 bits per heavy atom. The molecular formula is C9H10N4O3. The normalized spacial score (nSPS) is 9.31. The van der Waals surface area contributed by atoms with E-state index in [9.17, 15) is 14.5 Å². The van der Waals surface area contributed by atoms with E-state index in [1.54, 1.807) is 12.1 Å². The number of hydrogen-bond donors (Lipinski definition) is 2. The third-order valence-electron chi connectivity index (χ3n) is 1.81. The van der Waals surface area contributed by atoms with Crippen molar-refractivity contribution in [2.45, 2.75) is 0 Å². The van der Waals surface area contributed by atoms with Crippen molar-refractivity contribution in [3.05, 3.63) is 34.7 Å². The molecule has 0 aliphatic carbocycles. The molecule has 0 aliphatic heterocycles. The first-order valence-corrected chi connectivity index (χ1v) is 4.32. The van der Waals surface area contributed by atoms with Crippen molar-refractivity contribution >= 4 is 17.6 Å². The smallest absolute Gasteiger partial charge is 0.344 e. The Morgan fingerprint density at radius 2 is 2.12 bits per heavy atom. The molecule has 0 aliphatic rings. The first-order chi connectivity index (χ1) is 7.54. The molecule has 0 unspecified atom stereocenters. The lowest BCUT2D eigenvalue weighted by Gasteiger charge is -2.09. The molecule has 0 aromatic heterocycles. The summed E-state index contributed by atoms with van der Waals surface area (Å²) < 4.78 is 0. The van der Waals surface area contributed by atoms with Gasteiger partial charge in [-0.25, -0.2) is 4.79 Å². The molecule has 0 saturated carbocycles. The van der Waals surface area contributed by atoms with Crippen LogP contribution in [0.3, 0.4) is 0 Å². The van der Waals surface area contributed by atoms with Gasteiger partial charge in [-0.05, 0) is 18.2 Å². The van der Waals surface area contributed by atoms with E-state index >= 15 is 0 Å². The predicted molar refractivity (Wildman–Crippen MR) is 57.5 cm³/mol. The average Bonchev–Trinajstić information content (AvgIpc) is 2.28. The quantitative estimate of drug-likeness (QED) is 0.587. The number of nitroso groups, excluding NO2 is 1. The highest BCUT2D eigenvalue weighted by Gasteiger charge is 2.09. The molecule has 7 heteroatoms. The van der Waals surface area contributed by atoms with Crippen molar-refractivity contribution in [1.82, 2.24) is 5.01 Å². The summed E-state index contributed by atoms with van der Waals surface area (Å²) in [5.41, 5.74) is 5.69. The SMILES string of the molecule is CN(N=O)C(=O)Nc1cccc(C(N)=O)c1. The van der Waals surface area contributed by atoms with Gasteiger partial charge in [0.1, 0.15) is 0 Å². The number of benzene rings is 1. The highest BCUT2D eigenvalue weighted by Crippen LogP contribution is 2.10. The molecule has 1 rings (SSSR count). The van der Waals surface area contributed by atoms with Gasteiger partial charge in [0.25, 0.3) is 0 Å². The van der Waals surface area contributed by atoms with Gasteiger partial charge in [0.05, 0.1) is 5.29 Å². The second-order valence-electron chi connectivity index (χ2n) is 2.98. The molecule has 0 spiro atoms. The number of carbonyl (C=O) groups is 2. The largest absolute Gasteiger partial charge is 0.366 e. The number of urea groups is 1. The van der Waals surface area contributed by atoms with E-state index < -0.39 is 11.9 Å². The molecule has 0 saturated heterocycles. The molecule has 3 amide bonds. The number of primary amides is 1. The van der Waals surface area contributed by atoms with Gasteiger partial charge in [-0.3, -0.25) is 4.79 Å². The molecule has 0 heterocycles. The van der Waals surface area contributed by atoms with Crippen LogP contribution in [0.5, 0.6) is 0 Å². The molecule has 0 atom stereocenters. The molecule has 7 nitrogen and oxygen atoms in total. The minimum absolute atomic E-state index is 0.263. The first-order valence-electron chi connectivity index (χ1n) is 4.32. The Hall–Kier alpha value is -2.44. The zero-order valence-electron chi connectivity index (χ0n) is 8.51. The standard InChI is InChI=1S/C9H10N4O3/c1-13(12-16)9(15)11-7-4-2-3-6(5-7)8(10)14/h2-5H,1H3,(H2,10,14)(H,11,15). The summed E-state index contributed by atoms with van der Waals surface area (Å²) >= 11 is 0. The Labute approximate surface area is 91.2 Å². The van der Waals surface area contributed by atoms with Crippen LogP contribution in [-0.4, -0.2) is 24.0 Å². The van der Waals surface area contributed by atoms with Gasteiger partial charge in [0, 0.05) is 18.3 Å². The third kappa shape index (κ3) is 2.77. The van der Waals surface area contributed by atoms with Crippen molar-refractivity contribution < 1.29 is 9.59 Å². The van der Waals surface area contributed by atoms with Crippen LogP contribution in [0.4, 0.5) is 10.5 Å². The lowest BCUT2D eigenvalue weighted by molar-refractivity contribution is 0.100. The number of nitrogens with zero attached hydrogens (tertiary/aromatic N) is 2. The van der Waals surface area contributed by atoms with Crippen LogP contribution in [0.2, 0.25) is 0 Å². The highest BCUT2D eigenvalue weighted by molar-refractivity contribution is 5.95. The monoisotopic (exact) mass is 222 g/mol. The van der Waals surface area contributed by atoms with Gasteiger partial charge in [0.15, 0.2) is 0 Å². The van der Waals surface area contributed by atoms with Crippen molar-refractivity contribution in [2.24, 2.45) is 11.0 Å². The van der Waals surface area contributed by atoms with E-state index in [-0.39, 0.29) is 5.56 Å². The summed E-state index contributed by atoms with van der Waals surface area (Å²) in [5, 5.41) is 5.39. The van der Waals surface area contributed by atoms with Crippen molar-refractivity contribution in [2.75, 3.05) is 12.4 Å². The van der Waals surface area contributed by atoms with E-state index in [2.05, 4.69) is 10.6 Å². The molecule has 0 radical (unpaired) electrons. The minimum Gasteiger partial charge on any atom is -0.366 e. The van der Waals surface area contributed by atoms with Crippen molar-refractivity contribution in [3.63, 3.8) is 0 Å². The van der Waals surface area contributed by atoms with Gasteiger partial charge in [-0.2, -0.15) is 5.01 Å². The molecular weight excluding hydrogens is 212 g/mol. The second-order valence-corrected chi connectivity index (χ2v) is 2.98. The second kappa shape index (κ2) is 4.87. The summed E-state index contributed by atoms with van der Waals surface area (Å²) in [7, 11) is 1.21. The Bertz CT molecular complexity index is 433. The number of amides is 3. The Balaban J connectivity index is 2.82. The van der Waals surface area contributed by atoms with E-state index in [4.69, 9.17) is 5.73 Å². The van der Waals surface area contributed by atoms with E-state index in [1.807, 2.05) is 0 Å². The van der Waals surface area contributed by atoms with Crippen LogP contribution in [0.25, 0.3) is 0 Å². The summed E-state index contributed by atoms with van der Waals surface area (Å²) in [6, 6.07) is 5.34. The van der Waals surface area contributed by atoms with Crippen LogP contribution in [-0.2, 0) is 0 Å². The Morgan fingerprint density at radius 1 is 1.44 bits per heavy atom. The van der Waals surface area contributed by atoms with Gasteiger partial charge in [0.2, 0.25) is 5.91 Å². The van der Waals surface area contributed by atoms with Crippen LogP contribution < -0.4 is 11.1 Å². The van der Waals surface area contributed by atoms with Crippen molar-refractivity contribution in [3.8, 4) is 0 Å². The number of nitrogens with one attached hydrogen (secondary N) is 1. The average molecular weight is 222 g/mol. The molecule has 84 valence electrons. The zero-order chi connectivity index (χ0) is 12.1. The van der Waals surface area contributed by atoms with E-state index in [0.29, 0.717) is 10.7 Å². The van der Waals surface area contributed by atoms with Gasteiger partial charge in [-0.15, -0.1) is 4.91 Å². The fraction of sp³-hybridized carbons (Fsp3) is 0.111. The number of hydrogen-bond acceptors (Lipinski definition) is 4. The van der Waals surface area contributed by atoms with E-state index in [0.717, 1.165) is 0 Å². The number of rotatable bonds is 3. The van der Waals surface area contributed by atoms with E-state index in [1.165, 1.54) is 19.2 Å². The summed E-state index contributed by atoms with van der Waals surface area (Å²) in [6.45, 7) is 0. The summed E-state index contributed by atoms with van der Waals surface area (Å²) in [6.07, 6.45) is 0. The number of nitrogens with two attached hydrogens (primary N) is 1. The van der Waals surface area contributed by atoms with Gasteiger partial charge >= 0.3 is 6.03 Å². The zero-order valence-corrected chi connectivity index (χ0v) is 8.51. The van der Waals surface area contributed by atoms with Crippen LogP contribution in [0, 0.1) is 4.91 Å². The maximum atomic E-state index is 11.2. The highest BCUT2D eigenvalue weighted by atomic mass is 16.3. The molecule has 3 N–H and O–H groups in total. The summed E-state index contributed by atoms with van der Waals surface area (Å²) in [4.78, 5) is 32.1. The molecule has 1 aromatic carbocycles. The lowest BCUT2D eigenvalue weighted by atomic mass is 10.2. The minimum atomic E-state index is -0.698. The van der Waals surface area contributed by atoms with Crippen LogP contribution in [0.1, 0.15) is 10.4 Å². The summed E-state index contributed by atoms with van der Waals surface area (Å²) in [5.74, 6) is -0.599. The lowest BCUT2D eigenvalue weighted by Crippen LogP contribution is -2.26. The fourth-order valence-electron chi connectivity index (χ4n) is 0.992. The third-order valence-corrected chi connectivity index (χ3v) is 1.81.